The van der Waals surface area contributed by atoms with Crippen molar-refractivity contribution in [3.63, 3.8) is 0 Å². The van der Waals surface area contributed by atoms with Crippen LogP contribution in [-0.4, -0.2) is 16.8 Å². The van der Waals surface area contributed by atoms with Gasteiger partial charge in [0.05, 0.1) is 11.6 Å². The van der Waals surface area contributed by atoms with E-state index in [4.69, 9.17) is 0 Å². The van der Waals surface area contributed by atoms with Gasteiger partial charge in [0, 0.05) is 5.56 Å². The Morgan fingerprint density at radius 1 is 1.00 bits per heavy atom. The van der Waals surface area contributed by atoms with Gasteiger partial charge in [-0.1, -0.05) is 74.0 Å². The molecule has 0 aliphatic carbocycles. The Morgan fingerprint density at radius 2 is 1.64 bits per heavy atom. The largest absolute Gasteiger partial charge is 0.281 e. The summed E-state index contributed by atoms with van der Waals surface area (Å²) in [7, 11) is 0. The molecule has 1 heterocycles. The van der Waals surface area contributed by atoms with Crippen LogP contribution in [0.25, 0.3) is 10.6 Å². The third-order valence-electron chi connectivity index (χ3n) is 4.42. The number of aromatic nitrogens is 1. The predicted molar refractivity (Wildman–Crippen MR) is 112 cm³/mol. The Kier molecular flexibility index (Phi) is 6.55. The molecule has 5 nitrogen and oxygen atoms in total. The second kappa shape index (κ2) is 9.28. The molecule has 0 bridgehead atoms. The van der Waals surface area contributed by atoms with Gasteiger partial charge in [-0.25, -0.2) is 4.98 Å². The number of hydrazine groups is 1. The lowest BCUT2D eigenvalue weighted by atomic mass is 9.94. The van der Waals surface area contributed by atoms with Crippen LogP contribution >= 0.6 is 11.3 Å². The van der Waals surface area contributed by atoms with E-state index in [0.29, 0.717) is 17.0 Å². The number of benzene rings is 2. The Bertz CT molecular complexity index is 939. The molecule has 0 spiro atoms. The van der Waals surface area contributed by atoms with E-state index in [1.54, 1.807) is 6.92 Å². The maximum absolute atomic E-state index is 12.6. The maximum atomic E-state index is 12.6. The van der Waals surface area contributed by atoms with Crippen molar-refractivity contribution in [3.8, 4) is 10.6 Å². The lowest BCUT2D eigenvalue weighted by Crippen LogP contribution is -2.43. The van der Waals surface area contributed by atoms with Gasteiger partial charge in [0.15, 0.2) is 0 Å². The second-order valence-electron chi connectivity index (χ2n) is 6.49. The Labute approximate surface area is 168 Å². The SMILES string of the molecule is CCC[C@@H](C(=O)NNC(=O)c1sc(-c2ccccc2)nc1C)c1ccccc1. The van der Waals surface area contributed by atoms with Gasteiger partial charge in [-0.3, -0.25) is 20.4 Å². The van der Waals surface area contributed by atoms with Crippen molar-refractivity contribution in [1.82, 2.24) is 15.8 Å². The summed E-state index contributed by atoms with van der Waals surface area (Å²) in [5.74, 6) is -0.866. The molecule has 3 aromatic rings. The highest BCUT2D eigenvalue weighted by Crippen LogP contribution is 2.27. The fourth-order valence-electron chi connectivity index (χ4n) is 3.00. The fourth-order valence-corrected chi connectivity index (χ4v) is 3.96. The molecule has 28 heavy (non-hydrogen) atoms. The van der Waals surface area contributed by atoms with E-state index in [1.807, 2.05) is 67.6 Å². The molecule has 144 valence electrons. The van der Waals surface area contributed by atoms with Gasteiger partial charge in [0.25, 0.3) is 5.91 Å². The highest BCUT2D eigenvalue weighted by Gasteiger charge is 2.21. The van der Waals surface area contributed by atoms with E-state index in [2.05, 4.69) is 15.8 Å². The molecule has 1 atom stereocenters. The number of nitrogens with zero attached hydrogens (tertiary/aromatic N) is 1. The normalized spacial score (nSPS) is 11.6. The monoisotopic (exact) mass is 393 g/mol. The average molecular weight is 394 g/mol. The first-order valence-electron chi connectivity index (χ1n) is 9.28. The maximum Gasteiger partial charge on any atom is 0.281 e. The first-order chi connectivity index (χ1) is 13.6. The second-order valence-corrected chi connectivity index (χ2v) is 7.49. The molecular weight excluding hydrogens is 370 g/mol. The van der Waals surface area contributed by atoms with E-state index < -0.39 is 0 Å². The van der Waals surface area contributed by atoms with Crippen molar-refractivity contribution in [2.75, 3.05) is 0 Å². The molecule has 0 saturated carbocycles. The highest BCUT2D eigenvalue weighted by molar-refractivity contribution is 7.17. The van der Waals surface area contributed by atoms with Gasteiger partial charge in [0.1, 0.15) is 9.88 Å². The predicted octanol–water partition coefficient (Wildman–Crippen LogP) is 4.46. The number of rotatable bonds is 6. The zero-order valence-corrected chi connectivity index (χ0v) is 16.8. The van der Waals surface area contributed by atoms with Gasteiger partial charge in [-0.05, 0) is 18.9 Å². The summed E-state index contributed by atoms with van der Waals surface area (Å²) in [6.45, 7) is 3.83. The van der Waals surface area contributed by atoms with Crippen LogP contribution in [-0.2, 0) is 4.79 Å². The van der Waals surface area contributed by atoms with Crippen molar-refractivity contribution >= 4 is 23.2 Å². The van der Waals surface area contributed by atoms with Crippen LogP contribution in [0.5, 0.6) is 0 Å². The van der Waals surface area contributed by atoms with E-state index in [9.17, 15) is 9.59 Å². The summed E-state index contributed by atoms with van der Waals surface area (Å²) in [4.78, 5) is 30.2. The van der Waals surface area contributed by atoms with Crippen LogP contribution in [0.15, 0.2) is 60.7 Å². The number of amides is 2. The summed E-state index contributed by atoms with van der Waals surface area (Å²) in [6, 6.07) is 19.3. The highest BCUT2D eigenvalue weighted by atomic mass is 32.1. The minimum Gasteiger partial charge on any atom is -0.273 e. The summed E-state index contributed by atoms with van der Waals surface area (Å²) in [5, 5.41) is 0.780. The topological polar surface area (TPSA) is 71.1 Å². The van der Waals surface area contributed by atoms with Crippen molar-refractivity contribution in [2.45, 2.75) is 32.6 Å². The molecule has 1 aromatic heterocycles. The van der Waals surface area contributed by atoms with Crippen LogP contribution < -0.4 is 10.9 Å². The quantitative estimate of drug-likeness (QED) is 0.607. The standard InChI is InChI=1S/C22H23N3O2S/c1-3-10-18(16-11-6-4-7-12-16)20(26)24-25-21(27)19-15(2)23-22(28-19)17-13-8-5-9-14-17/h4-9,11-14,18H,3,10H2,1-2H3,(H,24,26)(H,25,27)/t18-/m1/s1. The number of hydrogen-bond acceptors (Lipinski definition) is 4. The third kappa shape index (κ3) is 4.64. The molecule has 0 fully saturated rings. The lowest BCUT2D eigenvalue weighted by molar-refractivity contribution is -0.123. The number of thiazole rings is 1. The number of carbonyl (C=O) groups excluding carboxylic acids is 2. The molecule has 2 aromatic carbocycles. The van der Waals surface area contributed by atoms with Gasteiger partial charge < -0.3 is 0 Å². The summed E-state index contributed by atoms with van der Waals surface area (Å²) in [5.41, 5.74) is 7.67. The van der Waals surface area contributed by atoms with Crippen molar-refractivity contribution in [3.05, 3.63) is 76.8 Å². The van der Waals surface area contributed by atoms with Crippen LogP contribution in [0.1, 0.15) is 46.6 Å². The molecule has 0 radical (unpaired) electrons. The molecule has 0 aliphatic heterocycles. The van der Waals surface area contributed by atoms with E-state index >= 15 is 0 Å². The van der Waals surface area contributed by atoms with Crippen LogP contribution in [0.3, 0.4) is 0 Å². The fraction of sp³-hybridized carbons (Fsp3) is 0.227. The number of aryl methyl sites for hydroxylation is 1. The summed E-state index contributed by atoms with van der Waals surface area (Å²) < 4.78 is 0. The minimum absolute atomic E-state index is 0.216. The zero-order chi connectivity index (χ0) is 19.9. The molecule has 6 heteroatoms. The molecule has 0 saturated heterocycles. The average Bonchev–Trinajstić information content (AvgIpc) is 3.13. The van der Waals surface area contributed by atoms with Crippen LogP contribution in [0, 0.1) is 6.92 Å². The molecule has 3 rings (SSSR count). The van der Waals surface area contributed by atoms with Crippen molar-refractivity contribution in [1.29, 1.82) is 0 Å². The smallest absolute Gasteiger partial charge is 0.273 e. The Hall–Kier alpha value is -2.99. The minimum atomic E-state index is -0.353. The summed E-state index contributed by atoms with van der Waals surface area (Å²) >= 11 is 1.31. The molecule has 0 aliphatic rings. The van der Waals surface area contributed by atoms with Gasteiger partial charge >= 0.3 is 0 Å². The van der Waals surface area contributed by atoms with Crippen molar-refractivity contribution < 1.29 is 9.59 Å². The van der Waals surface area contributed by atoms with Gasteiger partial charge in [-0.15, -0.1) is 11.3 Å². The first kappa shape index (κ1) is 19.8. The number of carbonyl (C=O) groups is 2. The van der Waals surface area contributed by atoms with E-state index in [1.165, 1.54) is 11.3 Å². The van der Waals surface area contributed by atoms with Crippen LogP contribution in [0.4, 0.5) is 0 Å². The molecule has 2 N–H and O–H groups in total. The first-order valence-corrected chi connectivity index (χ1v) is 10.1. The lowest BCUT2D eigenvalue weighted by Gasteiger charge is -2.16. The Balaban J connectivity index is 1.68. The number of nitrogens with one attached hydrogen (secondary N) is 2. The third-order valence-corrected chi connectivity index (χ3v) is 5.62. The van der Waals surface area contributed by atoms with Crippen molar-refractivity contribution in [2.24, 2.45) is 0 Å². The molecule has 2 amide bonds. The van der Waals surface area contributed by atoms with E-state index in [0.717, 1.165) is 22.6 Å². The van der Waals surface area contributed by atoms with E-state index in [-0.39, 0.29) is 17.7 Å². The Morgan fingerprint density at radius 3 is 2.29 bits per heavy atom. The van der Waals surface area contributed by atoms with Gasteiger partial charge in [0.2, 0.25) is 5.91 Å². The van der Waals surface area contributed by atoms with Crippen LogP contribution in [0.2, 0.25) is 0 Å². The molecular formula is C22H23N3O2S. The zero-order valence-electron chi connectivity index (χ0n) is 15.9. The summed E-state index contributed by atoms with van der Waals surface area (Å²) in [6.07, 6.45) is 1.58. The van der Waals surface area contributed by atoms with Gasteiger partial charge in [-0.2, -0.15) is 0 Å². The molecule has 0 unspecified atom stereocenters. The number of hydrogen-bond donors (Lipinski definition) is 2.